The highest BCUT2D eigenvalue weighted by Gasteiger charge is 2.23. The summed E-state index contributed by atoms with van der Waals surface area (Å²) in [5.41, 5.74) is 2.82. The molecule has 0 saturated heterocycles. The van der Waals surface area contributed by atoms with E-state index >= 15 is 0 Å². The first-order valence-electron chi connectivity index (χ1n) is 6.62. The van der Waals surface area contributed by atoms with E-state index in [2.05, 4.69) is 5.32 Å². The molecule has 1 aliphatic rings. The summed E-state index contributed by atoms with van der Waals surface area (Å²) in [5, 5.41) is 12.6. The molecule has 1 aliphatic carbocycles. The Morgan fingerprint density at radius 1 is 1.29 bits per heavy atom. The predicted octanol–water partition coefficient (Wildman–Crippen LogP) is 4.28. The van der Waals surface area contributed by atoms with Gasteiger partial charge in [-0.15, -0.1) is 0 Å². The van der Waals surface area contributed by atoms with Gasteiger partial charge in [-0.05, 0) is 54.3 Å². The monoisotopic (exact) mass is 305 g/mol. The summed E-state index contributed by atoms with van der Waals surface area (Å²) in [7, 11) is 0. The van der Waals surface area contributed by atoms with Gasteiger partial charge in [0.05, 0.1) is 16.6 Å². The summed E-state index contributed by atoms with van der Waals surface area (Å²) in [5.74, 6) is -1.29. The number of benzene rings is 2. The largest absolute Gasteiger partial charge is 0.478 e. The first-order valence-corrected chi connectivity index (χ1v) is 7.00. The molecule has 0 fully saturated rings. The molecule has 0 bridgehead atoms. The van der Waals surface area contributed by atoms with E-state index in [4.69, 9.17) is 16.7 Å². The Hall–Kier alpha value is -2.07. The molecule has 0 aromatic heterocycles. The first-order chi connectivity index (χ1) is 10.0. The Morgan fingerprint density at radius 2 is 2.10 bits per heavy atom. The van der Waals surface area contributed by atoms with Gasteiger partial charge < -0.3 is 10.4 Å². The lowest BCUT2D eigenvalue weighted by Gasteiger charge is -2.16. The Labute approximate surface area is 126 Å². The molecular formula is C16H13ClFNO2. The van der Waals surface area contributed by atoms with Crippen molar-refractivity contribution >= 4 is 23.3 Å². The van der Waals surface area contributed by atoms with Crippen LogP contribution >= 0.6 is 11.6 Å². The van der Waals surface area contributed by atoms with Crippen LogP contribution in [-0.2, 0) is 6.42 Å². The van der Waals surface area contributed by atoms with Crippen molar-refractivity contribution in [2.75, 3.05) is 5.32 Å². The maximum Gasteiger partial charge on any atom is 0.337 e. The number of anilines is 1. The predicted molar refractivity (Wildman–Crippen MR) is 79.5 cm³/mol. The number of carboxylic acids is 1. The molecule has 5 heteroatoms. The lowest BCUT2D eigenvalue weighted by atomic mass is 10.1. The van der Waals surface area contributed by atoms with Gasteiger partial charge in [-0.2, -0.15) is 0 Å². The highest BCUT2D eigenvalue weighted by atomic mass is 35.5. The molecule has 3 nitrogen and oxygen atoms in total. The number of hydrogen-bond donors (Lipinski definition) is 2. The van der Waals surface area contributed by atoms with Crippen LogP contribution in [0.2, 0.25) is 5.02 Å². The van der Waals surface area contributed by atoms with Crippen LogP contribution in [0.5, 0.6) is 0 Å². The molecule has 0 heterocycles. The van der Waals surface area contributed by atoms with E-state index in [0.29, 0.717) is 5.69 Å². The van der Waals surface area contributed by atoms with Crippen molar-refractivity contribution in [1.82, 2.24) is 0 Å². The number of carboxylic acid groups (broad SMARTS) is 1. The van der Waals surface area contributed by atoms with Crippen LogP contribution in [0.1, 0.15) is 33.9 Å². The van der Waals surface area contributed by atoms with Crippen LogP contribution in [0.4, 0.5) is 10.1 Å². The van der Waals surface area contributed by atoms with Gasteiger partial charge in [0.25, 0.3) is 0 Å². The topological polar surface area (TPSA) is 49.3 Å². The third-order valence-corrected chi connectivity index (χ3v) is 4.05. The number of hydrogen-bond acceptors (Lipinski definition) is 2. The van der Waals surface area contributed by atoms with Crippen LogP contribution in [0.15, 0.2) is 36.4 Å². The average Bonchev–Trinajstić information content (AvgIpc) is 2.83. The Kier molecular flexibility index (Phi) is 3.55. The van der Waals surface area contributed by atoms with Crippen molar-refractivity contribution in [2.45, 2.75) is 18.9 Å². The summed E-state index contributed by atoms with van der Waals surface area (Å²) >= 11 is 5.86. The zero-order valence-electron chi connectivity index (χ0n) is 11.1. The fourth-order valence-corrected chi connectivity index (χ4v) is 2.91. The molecule has 0 amide bonds. The van der Waals surface area contributed by atoms with E-state index in [0.717, 1.165) is 24.0 Å². The zero-order chi connectivity index (χ0) is 15.0. The Morgan fingerprint density at radius 3 is 2.86 bits per heavy atom. The van der Waals surface area contributed by atoms with Crippen molar-refractivity contribution in [3.05, 3.63) is 63.9 Å². The molecule has 2 N–H and O–H groups in total. The van der Waals surface area contributed by atoms with Gasteiger partial charge >= 0.3 is 5.97 Å². The summed E-state index contributed by atoms with van der Waals surface area (Å²) in [6.07, 6.45) is 1.66. The van der Waals surface area contributed by atoms with Crippen molar-refractivity contribution in [1.29, 1.82) is 0 Å². The molecule has 21 heavy (non-hydrogen) atoms. The van der Waals surface area contributed by atoms with E-state index in [1.54, 1.807) is 24.3 Å². The molecule has 3 rings (SSSR count). The van der Waals surface area contributed by atoms with Gasteiger partial charge in [-0.1, -0.05) is 17.7 Å². The number of carbonyl (C=O) groups is 1. The molecule has 2 aromatic rings. The van der Waals surface area contributed by atoms with Crippen LogP contribution in [0.25, 0.3) is 0 Å². The van der Waals surface area contributed by atoms with Crippen LogP contribution in [0, 0.1) is 5.82 Å². The molecule has 0 spiro atoms. The minimum atomic E-state index is -1.06. The quantitative estimate of drug-likeness (QED) is 0.890. The van der Waals surface area contributed by atoms with Gasteiger partial charge in [0.1, 0.15) is 5.82 Å². The van der Waals surface area contributed by atoms with Gasteiger partial charge in [0, 0.05) is 5.69 Å². The highest BCUT2D eigenvalue weighted by Crippen LogP contribution is 2.34. The molecular weight excluding hydrogens is 293 g/mol. The summed E-state index contributed by atoms with van der Waals surface area (Å²) in [6.45, 7) is 0. The first kappa shape index (κ1) is 13.9. The second-order valence-corrected chi connectivity index (χ2v) is 5.49. The van der Waals surface area contributed by atoms with Gasteiger partial charge in [-0.3, -0.25) is 0 Å². The SMILES string of the molecule is O=C(O)c1cc(NC2CCc3cc(F)ccc32)ccc1Cl. The fourth-order valence-electron chi connectivity index (χ4n) is 2.72. The fraction of sp³-hybridized carbons (Fsp3) is 0.188. The van der Waals surface area contributed by atoms with E-state index in [-0.39, 0.29) is 22.4 Å². The Balaban J connectivity index is 1.86. The van der Waals surface area contributed by atoms with Gasteiger partial charge in [0.2, 0.25) is 0 Å². The maximum absolute atomic E-state index is 13.2. The molecule has 1 atom stereocenters. The van der Waals surface area contributed by atoms with Crippen molar-refractivity contribution in [2.24, 2.45) is 0 Å². The van der Waals surface area contributed by atoms with E-state index in [9.17, 15) is 9.18 Å². The molecule has 0 radical (unpaired) electrons. The smallest absolute Gasteiger partial charge is 0.337 e. The van der Waals surface area contributed by atoms with Crippen LogP contribution < -0.4 is 5.32 Å². The van der Waals surface area contributed by atoms with Crippen LogP contribution in [-0.4, -0.2) is 11.1 Å². The van der Waals surface area contributed by atoms with E-state index in [1.165, 1.54) is 12.1 Å². The minimum absolute atomic E-state index is 0.0587. The van der Waals surface area contributed by atoms with Crippen molar-refractivity contribution in [3.63, 3.8) is 0 Å². The lowest BCUT2D eigenvalue weighted by molar-refractivity contribution is 0.0697. The van der Waals surface area contributed by atoms with Gasteiger partial charge in [0.15, 0.2) is 0 Å². The average molecular weight is 306 g/mol. The number of aromatic carboxylic acids is 1. The Bertz CT molecular complexity index is 717. The summed E-state index contributed by atoms with van der Waals surface area (Å²) < 4.78 is 13.2. The van der Waals surface area contributed by atoms with Crippen LogP contribution in [0.3, 0.4) is 0 Å². The molecule has 1 unspecified atom stereocenters. The van der Waals surface area contributed by atoms with Crippen molar-refractivity contribution in [3.8, 4) is 0 Å². The molecule has 0 aliphatic heterocycles. The normalized spacial score (nSPS) is 16.6. The molecule has 0 saturated carbocycles. The van der Waals surface area contributed by atoms with Crippen molar-refractivity contribution < 1.29 is 14.3 Å². The summed E-state index contributed by atoms with van der Waals surface area (Å²) in [4.78, 5) is 11.1. The molecule has 108 valence electrons. The third kappa shape index (κ3) is 2.72. The third-order valence-electron chi connectivity index (χ3n) is 3.72. The molecule has 2 aromatic carbocycles. The second-order valence-electron chi connectivity index (χ2n) is 5.08. The van der Waals surface area contributed by atoms with E-state index in [1.807, 2.05) is 0 Å². The number of rotatable bonds is 3. The van der Waals surface area contributed by atoms with E-state index < -0.39 is 5.97 Å². The summed E-state index contributed by atoms with van der Waals surface area (Å²) in [6, 6.07) is 9.67. The number of fused-ring (bicyclic) bond motifs is 1. The number of halogens is 2. The zero-order valence-corrected chi connectivity index (χ0v) is 11.8. The highest BCUT2D eigenvalue weighted by molar-refractivity contribution is 6.33. The standard InChI is InChI=1S/C16H13ClFNO2/c17-14-5-3-11(8-13(14)16(20)21)19-15-6-1-9-7-10(18)2-4-12(9)15/h2-5,7-8,15,19H,1,6H2,(H,20,21). The minimum Gasteiger partial charge on any atom is -0.478 e. The maximum atomic E-state index is 13.2. The van der Waals surface area contributed by atoms with Gasteiger partial charge in [-0.25, -0.2) is 9.18 Å². The number of nitrogens with one attached hydrogen (secondary N) is 1. The lowest BCUT2D eigenvalue weighted by Crippen LogP contribution is -2.08. The number of aryl methyl sites for hydroxylation is 1. The second kappa shape index (κ2) is 5.37.